The highest BCUT2D eigenvalue weighted by Crippen LogP contribution is 2.18. The van der Waals surface area contributed by atoms with E-state index in [1.165, 1.54) is 22.3 Å². The molecule has 0 spiro atoms. The van der Waals surface area contributed by atoms with Gasteiger partial charge in [-0.25, -0.2) is 0 Å². The van der Waals surface area contributed by atoms with E-state index in [0.29, 0.717) is 0 Å². The van der Waals surface area contributed by atoms with Crippen molar-refractivity contribution in [2.45, 2.75) is 20.8 Å². The van der Waals surface area contributed by atoms with E-state index in [-0.39, 0.29) is 0 Å². The predicted octanol–water partition coefficient (Wildman–Crippen LogP) is 4.83. The fourth-order valence-electron chi connectivity index (χ4n) is 2.16. The molecule has 0 radical (unpaired) electrons. The average molecular weight is 263 g/mol. The molecule has 0 aromatic heterocycles. The molecule has 2 rings (SSSR count). The molecule has 0 bridgehead atoms. The summed E-state index contributed by atoms with van der Waals surface area (Å²) >= 11 is 0. The van der Waals surface area contributed by atoms with Gasteiger partial charge in [-0.3, -0.25) is 4.99 Å². The Bertz CT molecular complexity index is 649. The Morgan fingerprint density at radius 3 is 2.20 bits per heavy atom. The third-order valence-electron chi connectivity index (χ3n) is 3.63. The molecule has 0 atom stereocenters. The van der Waals surface area contributed by atoms with Crippen LogP contribution in [0.4, 0.5) is 0 Å². The highest BCUT2D eigenvalue weighted by Gasteiger charge is 2.02. The van der Waals surface area contributed by atoms with Crippen molar-refractivity contribution < 1.29 is 0 Å². The van der Waals surface area contributed by atoms with E-state index in [2.05, 4.69) is 62.2 Å². The van der Waals surface area contributed by atoms with Crippen LogP contribution in [-0.4, -0.2) is 12.8 Å². The molecule has 2 aromatic carbocycles. The van der Waals surface area contributed by atoms with Crippen molar-refractivity contribution in [3.63, 3.8) is 0 Å². The van der Waals surface area contributed by atoms with E-state index in [1.54, 1.807) is 0 Å². The first kappa shape index (κ1) is 14.3. The lowest BCUT2D eigenvalue weighted by molar-refractivity contribution is 1.33. The fraction of sp³-hybridized carbons (Fsp3) is 0.211. The van der Waals surface area contributed by atoms with Gasteiger partial charge in [0.2, 0.25) is 0 Å². The minimum atomic E-state index is 1.02. The molecular formula is C19H21N. The smallest absolute Gasteiger partial charge is 0.0646 e. The van der Waals surface area contributed by atoms with Gasteiger partial charge in [0.25, 0.3) is 0 Å². The molecule has 0 aliphatic heterocycles. The van der Waals surface area contributed by atoms with Crippen molar-refractivity contribution in [2.75, 3.05) is 7.05 Å². The first-order valence-electron chi connectivity index (χ1n) is 6.90. The van der Waals surface area contributed by atoms with E-state index >= 15 is 0 Å². The molecule has 0 saturated carbocycles. The summed E-state index contributed by atoms with van der Waals surface area (Å²) in [6.45, 7) is 6.43. The standard InChI is InChI=1S/C19H21N/c1-14-10-11-18(12-15(14)2)16(3)13-19(20-4)17-8-6-5-7-9-17/h5-13H,1-4H3/b16-13+,20-19?. The summed E-state index contributed by atoms with van der Waals surface area (Å²) in [5.74, 6) is 0. The maximum Gasteiger partial charge on any atom is 0.0646 e. The number of nitrogens with zero attached hydrogens (tertiary/aromatic N) is 1. The Morgan fingerprint density at radius 1 is 0.900 bits per heavy atom. The van der Waals surface area contributed by atoms with E-state index in [0.717, 1.165) is 11.3 Å². The lowest BCUT2D eigenvalue weighted by Gasteiger charge is -2.07. The number of benzene rings is 2. The Hall–Kier alpha value is -2.15. The monoisotopic (exact) mass is 263 g/mol. The van der Waals surface area contributed by atoms with Gasteiger partial charge in [0.05, 0.1) is 5.71 Å². The zero-order chi connectivity index (χ0) is 14.5. The van der Waals surface area contributed by atoms with Gasteiger partial charge in [-0.05, 0) is 54.7 Å². The van der Waals surface area contributed by atoms with Gasteiger partial charge < -0.3 is 0 Å². The molecule has 1 nitrogen and oxygen atoms in total. The first-order chi connectivity index (χ1) is 9.61. The Morgan fingerprint density at radius 2 is 1.60 bits per heavy atom. The van der Waals surface area contributed by atoms with Gasteiger partial charge in [-0.15, -0.1) is 0 Å². The summed E-state index contributed by atoms with van der Waals surface area (Å²) in [6, 6.07) is 16.9. The van der Waals surface area contributed by atoms with Crippen LogP contribution in [0, 0.1) is 13.8 Å². The molecule has 1 heteroatoms. The SMILES string of the molecule is CN=C(/C=C(\C)c1ccc(C)c(C)c1)c1ccccc1. The van der Waals surface area contributed by atoms with Crippen LogP contribution in [0.3, 0.4) is 0 Å². The Balaban J connectivity index is 2.35. The molecule has 0 heterocycles. The fourth-order valence-corrected chi connectivity index (χ4v) is 2.16. The average Bonchev–Trinajstić information content (AvgIpc) is 2.48. The normalized spacial score (nSPS) is 12.6. The molecule has 102 valence electrons. The molecule has 2 aromatic rings. The highest BCUT2D eigenvalue weighted by atomic mass is 14.7. The van der Waals surface area contributed by atoms with Crippen molar-refractivity contribution in [2.24, 2.45) is 4.99 Å². The van der Waals surface area contributed by atoms with Crippen molar-refractivity contribution >= 4 is 11.3 Å². The molecular weight excluding hydrogens is 242 g/mol. The molecule has 0 N–H and O–H groups in total. The van der Waals surface area contributed by atoms with Crippen molar-refractivity contribution in [1.29, 1.82) is 0 Å². The second-order valence-electron chi connectivity index (χ2n) is 5.10. The lowest BCUT2D eigenvalue weighted by Crippen LogP contribution is -1.97. The van der Waals surface area contributed by atoms with E-state index in [4.69, 9.17) is 0 Å². The van der Waals surface area contributed by atoms with Gasteiger partial charge in [0, 0.05) is 7.05 Å². The second-order valence-corrected chi connectivity index (χ2v) is 5.10. The number of allylic oxidation sites excluding steroid dienone is 2. The Labute approximate surface area is 121 Å². The van der Waals surface area contributed by atoms with E-state index in [1.807, 2.05) is 25.2 Å². The number of rotatable bonds is 3. The minimum Gasteiger partial charge on any atom is -0.288 e. The van der Waals surface area contributed by atoms with Gasteiger partial charge in [0.1, 0.15) is 0 Å². The summed E-state index contributed by atoms with van der Waals surface area (Å²) < 4.78 is 0. The summed E-state index contributed by atoms with van der Waals surface area (Å²) in [4.78, 5) is 4.40. The number of hydrogen-bond acceptors (Lipinski definition) is 1. The predicted molar refractivity (Wildman–Crippen MR) is 88.5 cm³/mol. The maximum atomic E-state index is 4.40. The summed E-state index contributed by atoms with van der Waals surface area (Å²) in [5.41, 5.74) is 7.31. The minimum absolute atomic E-state index is 1.02. The number of aryl methyl sites for hydroxylation is 2. The largest absolute Gasteiger partial charge is 0.288 e. The van der Waals surface area contributed by atoms with Crippen LogP contribution in [-0.2, 0) is 0 Å². The van der Waals surface area contributed by atoms with Crippen molar-refractivity contribution in [3.8, 4) is 0 Å². The third kappa shape index (κ3) is 3.24. The van der Waals surface area contributed by atoms with Crippen LogP contribution in [0.25, 0.3) is 5.57 Å². The summed E-state index contributed by atoms with van der Waals surface area (Å²) in [7, 11) is 1.84. The zero-order valence-electron chi connectivity index (χ0n) is 12.6. The maximum absolute atomic E-state index is 4.40. The van der Waals surface area contributed by atoms with Crippen LogP contribution >= 0.6 is 0 Å². The molecule has 0 aliphatic carbocycles. The quantitative estimate of drug-likeness (QED) is 0.704. The summed E-state index contributed by atoms with van der Waals surface area (Å²) in [6.07, 6.45) is 2.15. The van der Waals surface area contributed by atoms with Gasteiger partial charge in [-0.1, -0.05) is 48.5 Å². The van der Waals surface area contributed by atoms with Crippen LogP contribution in [0.15, 0.2) is 59.6 Å². The first-order valence-corrected chi connectivity index (χ1v) is 6.90. The molecule has 0 unspecified atom stereocenters. The van der Waals surface area contributed by atoms with Gasteiger partial charge in [0.15, 0.2) is 0 Å². The van der Waals surface area contributed by atoms with Crippen molar-refractivity contribution in [3.05, 3.63) is 76.9 Å². The molecule has 0 saturated heterocycles. The highest BCUT2D eigenvalue weighted by molar-refractivity contribution is 6.12. The van der Waals surface area contributed by atoms with E-state index in [9.17, 15) is 0 Å². The molecule has 0 amide bonds. The van der Waals surface area contributed by atoms with Crippen LogP contribution < -0.4 is 0 Å². The lowest BCUT2D eigenvalue weighted by atomic mass is 9.99. The molecule has 0 fully saturated rings. The van der Waals surface area contributed by atoms with Crippen LogP contribution in [0.5, 0.6) is 0 Å². The molecule has 0 aliphatic rings. The van der Waals surface area contributed by atoms with Crippen LogP contribution in [0.1, 0.15) is 29.2 Å². The molecule has 20 heavy (non-hydrogen) atoms. The Kier molecular flexibility index (Phi) is 4.52. The van der Waals surface area contributed by atoms with E-state index < -0.39 is 0 Å². The van der Waals surface area contributed by atoms with Gasteiger partial charge in [-0.2, -0.15) is 0 Å². The van der Waals surface area contributed by atoms with Gasteiger partial charge >= 0.3 is 0 Å². The van der Waals surface area contributed by atoms with Crippen molar-refractivity contribution in [1.82, 2.24) is 0 Å². The third-order valence-corrected chi connectivity index (χ3v) is 3.63. The number of aliphatic imine (C=N–C) groups is 1. The zero-order valence-corrected chi connectivity index (χ0v) is 12.6. The summed E-state index contributed by atoms with van der Waals surface area (Å²) in [5, 5.41) is 0. The van der Waals surface area contributed by atoms with Crippen LogP contribution in [0.2, 0.25) is 0 Å². The topological polar surface area (TPSA) is 12.4 Å². The second kappa shape index (κ2) is 6.33. The number of hydrogen-bond donors (Lipinski definition) is 0.